The number of thiazole rings is 1. The fraction of sp³-hybridized carbons (Fsp3) is 0.412. The van der Waals surface area contributed by atoms with Crippen LogP contribution in [0, 0.1) is 12.3 Å². The first-order valence-corrected chi connectivity index (χ1v) is 9.21. The van der Waals surface area contributed by atoms with Gasteiger partial charge in [0.15, 0.2) is 22.8 Å². The van der Waals surface area contributed by atoms with E-state index in [1.165, 1.54) is 17.7 Å². The topological polar surface area (TPSA) is 110 Å². The molecule has 0 unspecified atom stereocenters. The third-order valence-electron chi connectivity index (χ3n) is 4.59. The minimum absolute atomic E-state index is 0.355. The minimum Gasteiger partial charge on any atom is -0.375 e. The summed E-state index contributed by atoms with van der Waals surface area (Å²) in [7, 11) is 0. The molecule has 138 valence electrons. The van der Waals surface area contributed by atoms with E-state index in [4.69, 9.17) is 26.4 Å². The highest BCUT2D eigenvalue weighted by molar-refractivity contribution is 7.13. The molecule has 3 aromatic heterocycles. The maximum absolute atomic E-state index is 6.05. The summed E-state index contributed by atoms with van der Waals surface area (Å²) in [6, 6.07) is 0. The maximum Gasteiger partial charge on any atom is 0.180 e. The molecular formula is C17H16N6O3S. The second-order valence-electron chi connectivity index (χ2n) is 6.80. The smallest absolute Gasteiger partial charge is 0.180 e. The molecule has 9 nitrogen and oxygen atoms in total. The second-order valence-corrected chi connectivity index (χ2v) is 7.69. The molecule has 0 amide bonds. The van der Waals surface area contributed by atoms with Crippen LogP contribution in [0.15, 0.2) is 18.0 Å². The normalized spacial score (nSPS) is 29.1. The lowest BCUT2D eigenvalue weighted by molar-refractivity contribution is -0.190. The van der Waals surface area contributed by atoms with Gasteiger partial charge in [0.25, 0.3) is 0 Å². The van der Waals surface area contributed by atoms with Crippen molar-refractivity contribution in [1.29, 1.82) is 0 Å². The zero-order valence-corrected chi connectivity index (χ0v) is 15.4. The molecule has 5 heterocycles. The number of anilines is 1. The Morgan fingerprint density at radius 2 is 2.07 bits per heavy atom. The van der Waals surface area contributed by atoms with Gasteiger partial charge in [0.1, 0.15) is 41.5 Å². The lowest BCUT2D eigenvalue weighted by atomic mass is 10.1. The summed E-state index contributed by atoms with van der Waals surface area (Å²) in [4.78, 5) is 17.5. The largest absolute Gasteiger partial charge is 0.375 e. The van der Waals surface area contributed by atoms with E-state index in [0.717, 1.165) is 0 Å². The average molecular weight is 384 g/mol. The SMILES string of the molecule is C#C[C@H]1O[C@@H](n2cnc3c(-c4csc(N)n4)ncnc32)[C@@H]2OC(C)(C)O[C@@H]21. The molecule has 2 aliphatic rings. The van der Waals surface area contributed by atoms with E-state index in [0.29, 0.717) is 27.7 Å². The molecule has 0 radical (unpaired) electrons. The Hall–Kier alpha value is -2.58. The number of hydrogen-bond acceptors (Lipinski definition) is 9. The first kappa shape index (κ1) is 16.6. The van der Waals surface area contributed by atoms with Gasteiger partial charge in [0.2, 0.25) is 0 Å². The summed E-state index contributed by atoms with van der Waals surface area (Å²) in [5.41, 5.74) is 8.21. The van der Waals surface area contributed by atoms with E-state index < -0.39 is 18.1 Å². The summed E-state index contributed by atoms with van der Waals surface area (Å²) in [6.45, 7) is 3.71. The predicted octanol–water partition coefficient (Wildman–Crippen LogP) is 1.58. The molecule has 2 aliphatic heterocycles. The number of terminal acetylenes is 1. The molecule has 2 saturated heterocycles. The molecule has 0 aliphatic carbocycles. The Labute approximate surface area is 158 Å². The van der Waals surface area contributed by atoms with Crippen molar-refractivity contribution in [3.05, 3.63) is 18.0 Å². The first-order valence-electron chi connectivity index (χ1n) is 8.33. The third kappa shape index (κ3) is 2.51. The summed E-state index contributed by atoms with van der Waals surface area (Å²) >= 11 is 1.34. The molecule has 0 saturated carbocycles. The number of ether oxygens (including phenoxy) is 3. The number of nitrogens with zero attached hydrogens (tertiary/aromatic N) is 5. The Morgan fingerprint density at radius 1 is 1.26 bits per heavy atom. The minimum atomic E-state index is -0.735. The number of rotatable bonds is 2. The van der Waals surface area contributed by atoms with Gasteiger partial charge in [-0.1, -0.05) is 5.92 Å². The van der Waals surface area contributed by atoms with E-state index >= 15 is 0 Å². The summed E-state index contributed by atoms with van der Waals surface area (Å²) in [5.74, 6) is 1.90. The standard InChI is InChI=1S/C17H16N6O3S/c1-4-9-12-13(26-17(2,3)25-12)15(24-9)23-7-21-11-10(19-6-20-14(11)23)8-5-27-16(18)22-8/h1,5-7,9,12-13,15H,2-3H3,(H2,18,22)/t9-,12-,13-,15-/m1/s1. The van der Waals surface area contributed by atoms with Gasteiger partial charge in [0, 0.05) is 5.38 Å². The van der Waals surface area contributed by atoms with Crippen LogP contribution in [-0.2, 0) is 14.2 Å². The number of hydrogen-bond donors (Lipinski definition) is 1. The molecule has 4 atom stereocenters. The quantitative estimate of drug-likeness (QED) is 0.663. The van der Waals surface area contributed by atoms with Crippen LogP contribution in [0.5, 0.6) is 0 Å². The summed E-state index contributed by atoms with van der Waals surface area (Å²) in [5, 5.41) is 2.30. The van der Waals surface area contributed by atoms with E-state index in [-0.39, 0.29) is 12.2 Å². The van der Waals surface area contributed by atoms with Gasteiger partial charge in [-0.05, 0) is 13.8 Å². The molecule has 10 heteroatoms. The van der Waals surface area contributed by atoms with Crippen LogP contribution in [0.3, 0.4) is 0 Å². The van der Waals surface area contributed by atoms with Gasteiger partial charge < -0.3 is 19.9 Å². The number of fused-ring (bicyclic) bond motifs is 2. The zero-order chi connectivity index (χ0) is 18.8. The lowest BCUT2D eigenvalue weighted by Crippen LogP contribution is -2.28. The van der Waals surface area contributed by atoms with Crippen molar-refractivity contribution >= 4 is 27.6 Å². The van der Waals surface area contributed by atoms with Crippen molar-refractivity contribution in [3.8, 4) is 23.7 Å². The maximum atomic E-state index is 6.05. The molecule has 0 spiro atoms. The number of aromatic nitrogens is 5. The van der Waals surface area contributed by atoms with E-state index in [2.05, 4.69) is 25.9 Å². The molecule has 0 bridgehead atoms. The molecule has 0 aromatic carbocycles. The van der Waals surface area contributed by atoms with Crippen molar-refractivity contribution in [2.24, 2.45) is 0 Å². The monoisotopic (exact) mass is 384 g/mol. The van der Waals surface area contributed by atoms with E-state index in [1.54, 1.807) is 10.9 Å². The van der Waals surface area contributed by atoms with Crippen LogP contribution in [0.1, 0.15) is 20.1 Å². The van der Waals surface area contributed by atoms with Gasteiger partial charge in [-0.25, -0.2) is 19.9 Å². The Balaban J connectivity index is 1.59. The third-order valence-corrected chi connectivity index (χ3v) is 5.26. The zero-order valence-electron chi connectivity index (χ0n) is 14.6. The highest BCUT2D eigenvalue weighted by Crippen LogP contribution is 2.43. The fourth-order valence-electron chi connectivity index (χ4n) is 3.56. The van der Waals surface area contributed by atoms with Crippen molar-refractivity contribution in [2.75, 3.05) is 5.73 Å². The Kier molecular flexibility index (Phi) is 3.50. The lowest BCUT2D eigenvalue weighted by Gasteiger charge is -2.23. The molecule has 27 heavy (non-hydrogen) atoms. The van der Waals surface area contributed by atoms with Gasteiger partial charge in [0.05, 0.1) is 6.33 Å². The van der Waals surface area contributed by atoms with E-state index in [1.807, 2.05) is 19.2 Å². The summed E-state index contributed by atoms with van der Waals surface area (Å²) in [6.07, 6.45) is 6.99. The van der Waals surface area contributed by atoms with Gasteiger partial charge in [-0.15, -0.1) is 17.8 Å². The van der Waals surface area contributed by atoms with Crippen molar-refractivity contribution in [2.45, 2.75) is 44.2 Å². The summed E-state index contributed by atoms with van der Waals surface area (Å²) < 4.78 is 19.8. The van der Waals surface area contributed by atoms with Crippen molar-refractivity contribution < 1.29 is 14.2 Å². The second kappa shape index (κ2) is 5.71. The average Bonchev–Trinajstić information content (AvgIpc) is 3.37. The van der Waals surface area contributed by atoms with Crippen LogP contribution < -0.4 is 5.73 Å². The van der Waals surface area contributed by atoms with Crippen LogP contribution in [-0.4, -0.2) is 48.6 Å². The highest BCUT2D eigenvalue weighted by atomic mass is 32.1. The van der Waals surface area contributed by atoms with Crippen LogP contribution >= 0.6 is 11.3 Å². The van der Waals surface area contributed by atoms with Crippen molar-refractivity contribution in [3.63, 3.8) is 0 Å². The molecule has 2 fully saturated rings. The van der Waals surface area contributed by atoms with Crippen LogP contribution in [0.2, 0.25) is 0 Å². The molecule has 2 N–H and O–H groups in total. The predicted molar refractivity (Wildman–Crippen MR) is 97.4 cm³/mol. The first-order chi connectivity index (χ1) is 13.0. The highest BCUT2D eigenvalue weighted by Gasteiger charge is 2.55. The Morgan fingerprint density at radius 3 is 2.81 bits per heavy atom. The van der Waals surface area contributed by atoms with Gasteiger partial charge in [-0.3, -0.25) is 4.57 Å². The van der Waals surface area contributed by atoms with Crippen LogP contribution in [0.25, 0.3) is 22.6 Å². The fourth-order valence-corrected chi connectivity index (χ4v) is 4.10. The van der Waals surface area contributed by atoms with Gasteiger partial charge >= 0.3 is 0 Å². The van der Waals surface area contributed by atoms with E-state index in [9.17, 15) is 0 Å². The van der Waals surface area contributed by atoms with Crippen LogP contribution in [0.4, 0.5) is 5.13 Å². The van der Waals surface area contributed by atoms with Gasteiger partial charge in [-0.2, -0.15) is 0 Å². The molecule has 5 rings (SSSR count). The number of nitrogens with two attached hydrogens (primary N) is 1. The molecule has 3 aromatic rings. The Bertz CT molecular complexity index is 1070. The number of nitrogen functional groups attached to an aromatic ring is 1. The number of imidazole rings is 1. The van der Waals surface area contributed by atoms with Crippen molar-refractivity contribution in [1.82, 2.24) is 24.5 Å². The molecular weight excluding hydrogens is 368 g/mol.